The van der Waals surface area contributed by atoms with Crippen LogP contribution in [0.4, 0.5) is 95.6 Å². The predicted octanol–water partition coefficient (Wildman–Crippen LogP) is 23.7. The fourth-order valence-electron chi connectivity index (χ4n) is 15.4. The minimum atomic E-state index is -4.62. The van der Waals surface area contributed by atoms with Crippen LogP contribution in [0.3, 0.4) is 0 Å². The number of aliphatic imine (C=N–C) groups is 2. The Morgan fingerprint density at radius 3 is 1.47 bits per heavy atom. The van der Waals surface area contributed by atoms with Gasteiger partial charge in [0.15, 0.2) is 0 Å². The number of benzene rings is 12. The van der Waals surface area contributed by atoms with Crippen LogP contribution in [0.2, 0.25) is 0 Å². The summed E-state index contributed by atoms with van der Waals surface area (Å²) in [5.41, 5.74) is 3.13. The van der Waals surface area contributed by atoms with Crippen LogP contribution in [0.1, 0.15) is 75.0 Å². The first-order valence-electron chi connectivity index (χ1n) is 39.5. The third-order valence-corrected chi connectivity index (χ3v) is 21.6. The van der Waals surface area contributed by atoms with E-state index in [0.717, 1.165) is 71.4 Å². The molecule has 1 atom stereocenters. The van der Waals surface area contributed by atoms with Crippen molar-refractivity contribution in [1.82, 2.24) is 9.80 Å². The summed E-state index contributed by atoms with van der Waals surface area (Å²) in [5.74, 6) is -0.332. The number of esters is 1. The molecule has 0 aromatic heterocycles. The summed E-state index contributed by atoms with van der Waals surface area (Å²) >= 11 is 0. The summed E-state index contributed by atoms with van der Waals surface area (Å²) in [6.07, 6.45) is -14.9. The molecule has 0 aliphatic carbocycles. The number of hydrogen-bond donors (Lipinski definition) is 3. The molecule has 126 heavy (non-hydrogen) atoms. The normalized spacial score (nSPS) is 14.4. The summed E-state index contributed by atoms with van der Waals surface area (Å²) in [7, 11) is 4.45. The summed E-state index contributed by atoms with van der Waals surface area (Å²) in [5, 5.41) is 28.9. The third-order valence-electron chi connectivity index (χ3n) is 21.6. The van der Waals surface area contributed by atoms with E-state index < -0.39 is 64.6 Å². The number of carbonyl (C=O) groups is 1. The molecule has 12 aromatic carbocycles. The number of para-hydroxylation sites is 2. The van der Waals surface area contributed by atoms with Gasteiger partial charge in [-0.3, -0.25) is 0 Å². The lowest BCUT2D eigenvalue weighted by Gasteiger charge is -2.45. The fourth-order valence-corrected chi connectivity index (χ4v) is 15.4. The SMILES string of the molecule is CC[C@H]1c2cccc(F)c2N=C(N2CCN(c3cccc(OC)c3)CC2)N1c1cc(C(F)(F)F)ccc1C.COC(=O)/C=C/c1cccc(F)c1N=C(Nc1cc(C(F)(F)F)ccc1C)N1CCN(c2cccc(OC)c2)CC1.Cc1cc(-c2cc3ccccc3c(-c3c(O)c(-c4cc(C)cc(C(F)(F)F)c4)cc4ccccc34)c2O)cc(C(F)(F)F)c1.O=C=O. The van der Waals surface area contributed by atoms with Crippen LogP contribution in [0, 0.1) is 39.3 Å². The molecule has 16 nitrogen and oxygen atoms in total. The van der Waals surface area contributed by atoms with Crippen molar-refractivity contribution in [3.8, 4) is 56.4 Å². The topological polar surface area (TPSA) is 172 Å². The molecule has 0 unspecified atom stereocenters. The third kappa shape index (κ3) is 20.8. The Labute approximate surface area is 716 Å². The van der Waals surface area contributed by atoms with Crippen molar-refractivity contribution < 1.29 is 100 Å². The number of ether oxygens (including phenoxy) is 3. The second-order valence-electron chi connectivity index (χ2n) is 29.8. The van der Waals surface area contributed by atoms with Gasteiger partial charge in [0, 0.05) is 127 Å². The summed E-state index contributed by atoms with van der Waals surface area (Å²) in [4.78, 5) is 47.4. The highest BCUT2D eigenvalue weighted by Crippen LogP contribution is 2.53. The van der Waals surface area contributed by atoms with Gasteiger partial charge in [0.05, 0.1) is 49.6 Å². The zero-order valence-electron chi connectivity index (χ0n) is 69.1. The van der Waals surface area contributed by atoms with Gasteiger partial charge in [-0.05, 0) is 192 Å². The van der Waals surface area contributed by atoms with Crippen LogP contribution in [0.15, 0.2) is 234 Å². The zero-order valence-corrected chi connectivity index (χ0v) is 69.1. The van der Waals surface area contributed by atoms with E-state index >= 15 is 4.39 Å². The Morgan fingerprint density at radius 1 is 0.516 bits per heavy atom. The highest BCUT2D eigenvalue weighted by atomic mass is 19.4. The molecular formula is C96H84F14N8O8. The largest absolute Gasteiger partial charge is 0.507 e. The van der Waals surface area contributed by atoms with Crippen LogP contribution in [-0.2, 0) is 43.8 Å². The number of alkyl halides is 12. The molecule has 12 aromatic rings. The van der Waals surface area contributed by atoms with Crippen molar-refractivity contribution in [3.05, 3.63) is 292 Å². The number of aromatic hydroxyl groups is 2. The highest BCUT2D eigenvalue weighted by Gasteiger charge is 2.40. The Hall–Kier alpha value is -13.9. The molecule has 0 spiro atoms. The number of nitrogens with zero attached hydrogens (tertiary/aromatic N) is 7. The molecule has 0 bridgehead atoms. The Balaban J connectivity index is 0.000000170. The molecule has 15 rings (SSSR count). The number of phenols is 2. The van der Waals surface area contributed by atoms with E-state index in [9.17, 15) is 72.1 Å². The lowest BCUT2D eigenvalue weighted by Crippen LogP contribution is -2.55. The highest BCUT2D eigenvalue weighted by molar-refractivity contribution is 6.14. The van der Waals surface area contributed by atoms with Crippen molar-refractivity contribution in [2.45, 2.75) is 71.8 Å². The Bertz CT molecular complexity index is 6000. The lowest BCUT2D eigenvalue weighted by molar-refractivity contribution is -0.192. The quantitative estimate of drug-likeness (QED) is 0.0327. The molecular weight excluding hydrogens is 1660 g/mol. The standard InChI is InChI=1S/C36H24F6O2.C30H30F4N4O3.C29H30F4N4O.CO2/c1-19-11-23(15-25(13-19)35(37,38)39)29-17-21-7-3-5-9-27(21)31(33(29)43)32-28-10-6-4-8-22(28)18-30(34(32)44)24-12-20(2)14-26(16-24)36(40,41)42;1-20-10-12-22(30(32,33)34)18-26(20)35-29(36-28-21(6-4-9-25(28)31)11-13-27(39)41-3)38-16-14-37(15-17-38)23-7-5-8-24(19-23)40-2;1-4-25-23-9-6-10-24(30)27(23)34-28(37(25)26-17-20(29(31,32)33)12-11-19(26)2)36-15-13-35(14-16-36)21-7-5-8-22(18-21)38-3;2-1-3/h3-18,43-44H,1-2H3;4-13,18-19H,14-17H2,1-3H3,(H,35,36);5-12,17-18,25H,4,13-16H2,1-3H3;/b;13-11+;;/t;;25-;/m..0./s1. The minimum absolute atomic E-state index is 0.0741. The summed E-state index contributed by atoms with van der Waals surface area (Å²) < 4.78 is 210. The summed E-state index contributed by atoms with van der Waals surface area (Å²) in [6.45, 7) is 13.0. The summed E-state index contributed by atoms with van der Waals surface area (Å²) in [6, 6.07) is 55.4. The predicted molar refractivity (Wildman–Crippen MR) is 459 cm³/mol. The number of piperazine rings is 2. The molecule has 3 aliphatic heterocycles. The second kappa shape index (κ2) is 38.5. The second-order valence-corrected chi connectivity index (χ2v) is 29.8. The van der Waals surface area contributed by atoms with Gasteiger partial charge >= 0.3 is 36.8 Å². The molecule has 0 saturated carbocycles. The van der Waals surface area contributed by atoms with E-state index in [1.54, 1.807) is 101 Å². The Kier molecular flexibility index (Phi) is 27.9. The van der Waals surface area contributed by atoms with E-state index in [1.165, 1.54) is 75.6 Å². The van der Waals surface area contributed by atoms with Gasteiger partial charge in [-0.1, -0.05) is 116 Å². The van der Waals surface area contributed by atoms with Crippen molar-refractivity contribution >= 4 is 85.8 Å². The fraction of sp³-hybridized carbons (Fsp3) is 0.229. The first-order chi connectivity index (χ1) is 59.9. The average Bonchev–Trinajstić information content (AvgIpc) is 0.737. The van der Waals surface area contributed by atoms with Crippen LogP contribution in [0.25, 0.3) is 61.0 Å². The van der Waals surface area contributed by atoms with Crippen molar-refractivity contribution in [2.75, 3.05) is 93.7 Å². The number of phenolic OH excluding ortho intramolecular Hbond substituents is 2. The molecule has 3 aliphatic rings. The van der Waals surface area contributed by atoms with Crippen LogP contribution in [-0.4, -0.2) is 118 Å². The molecule has 2 saturated heterocycles. The first-order valence-corrected chi connectivity index (χ1v) is 39.5. The van der Waals surface area contributed by atoms with Crippen molar-refractivity contribution in [2.24, 2.45) is 9.98 Å². The van der Waals surface area contributed by atoms with Gasteiger partial charge in [0.25, 0.3) is 0 Å². The van der Waals surface area contributed by atoms with Gasteiger partial charge in [-0.2, -0.15) is 62.3 Å². The number of methoxy groups -OCH3 is 3. The van der Waals surface area contributed by atoms with Crippen molar-refractivity contribution in [1.29, 1.82) is 0 Å². The number of carbonyl (C=O) groups excluding carboxylic acids is 3. The van der Waals surface area contributed by atoms with E-state index in [0.29, 0.717) is 125 Å². The van der Waals surface area contributed by atoms with E-state index in [4.69, 9.17) is 24.1 Å². The molecule has 654 valence electrons. The molecule has 30 heteroatoms. The minimum Gasteiger partial charge on any atom is -0.507 e. The first kappa shape index (κ1) is 91.3. The molecule has 2 fully saturated rings. The number of nitrogens with one attached hydrogen (secondary N) is 1. The average molecular weight is 1740 g/mol. The van der Waals surface area contributed by atoms with Crippen LogP contribution >= 0.6 is 0 Å². The number of halogens is 14. The van der Waals surface area contributed by atoms with E-state index in [2.05, 4.69) is 29.7 Å². The smallest absolute Gasteiger partial charge is 0.416 e. The van der Waals surface area contributed by atoms with Gasteiger partial charge in [-0.15, -0.1) is 0 Å². The van der Waals surface area contributed by atoms with Crippen LogP contribution in [0.5, 0.6) is 23.0 Å². The molecule has 0 radical (unpaired) electrons. The van der Waals surface area contributed by atoms with E-state index in [1.807, 2.05) is 71.3 Å². The number of aryl methyl sites for hydroxylation is 4. The molecule has 3 N–H and O–H groups in total. The zero-order chi connectivity index (χ0) is 90.9. The van der Waals surface area contributed by atoms with Gasteiger partial charge in [0.2, 0.25) is 11.9 Å². The van der Waals surface area contributed by atoms with Gasteiger partial charge < -0.3 is 54.2 Å². The van der Waals surface area contributed by atoms with Crippen molar-refractivity contribution in [3.63, 3.8) is 0 Å². The maximum absolute atomic E-state index is 15.1. The number of fused-ring (bicyclic) bond motifs is 3. The number of hydrogen-bond acceptors (Lipinski definition) is 14. The van der Waals surface area contributed by atoms with E-state index in [-0.39, 0.29) is 80.1 Å². The van der Waals surface area contributed by atoms with Crippen LogP contribution < -0.4 is 29.5 Å². The number of anilines is 4. The molecule has 0 amide bonds. The maximum atomic E-state index is 15.1. The molecule has 3 heterocycles. The monoisotopic (exact) mass is 1740 g/mol. The van der Waals surface area contributed by atoms with Gasteiger partial charge in [-0.25, -0.2) is 23.6 Å². The maximum Gasteiger partial charge on any atom is 0.416 e. The Morgan fingerprint density at radius 2 is 0.976 bits per heavy atom. The number of guanidine groups is 2. The lowest BCUT2D eigenvalue weighted by atomic mass is 9.86. The van der Waals surface area contributed by atoms with Gasteiger partial charge in [0.1, 0.15) is 46.0 Å². The number of rotatable bonds is 13.